The second kappa shape index (κ2) is 5.73. The third-order valence-corrected chi connectivity index (χ3v) is 6.11. The van der Waals surface area contributed by atoms with E-state index in [2.05, 4.69) is 24.0 Å². The van der Waals surface area contributed by atoms with E-state index in [0.29, 0.717) is 4.77 Å². The third-order valence-electron chi connectivity index (χ3n) is 4.61. The van der Waals surface area contributed by atoms with Crippen molar-refractivity contribution in [3.05, 3.63) is 55.4 Å². The summed E-state index contributed by atoms with van der Waals surface area (Å²) in [4.78, 5) is 18.7. The quantitative estimate of drug-likeness (QED) is 0.694. The van der Waals surface area contributed by atoms with Gasteiger partial charge in [0.25, 0.3) is 5.56 Å². The van der Waals surface area contributed by atoms with E-state index in [0.717, 1.165) is 35.2 Å². The largest absolute Gasteiger partial charge is 0.323 e. The first-order chi connectivity index (χ1) is 11.2. The topological polar surface area (TPSA) is 37.8 Å². The molecule has 0 amide bonds. The van der Waals surface area contributed by atoms with Crippen molar-refractivity contribution in [3.8, 4) is 5.69 Å². The van der Waals surface area contributed by atoms with Crippen LogP contribution in [0, 0.1) is 4.77 Å². The van der Waals surface area contributed by atoms with E-state index in [1.807, 2.05) is 12.1 Å². The molecule has 0 fully saturated rings. The average molecular weight is 342 g/mol. The highest BCUT2D eigenvalue weighted by atomic mass is 32.1. The molecular weight excluding hydrogens is 324 g/mol. The molecule has 1 N–H and O–H groups in total. The highest BCUT2D eigenvalue weighted by Crippen LogP contribution is 2.33. The summed E-state index contributed by atoms with van der Waals surface area (Å²) >= 11 is 7.17. The molecule has 0 saturated carbocycles. The lowest BCUT2D eigenvalue weighted by Crippen LogP contribution is -2.21. The van der Waals surface area contributed by atoms with Crippen LogP contribution in [0.2, 0.25) is 0 Å². The Labute approximate surface area is 143 Å². The molecule has 4 rings (SSSR count). The van der Waals surface area contributed by atoms with Gasteiger partial charge in [-0.2, -0.15) is 0 Å². The summed E-state index contributed by atoms with van der Waals surface area (Å²) in [5, 5.41) is 0.845. The van der Waals surface area contributed by atoms with E-state index >= 15 is 0 Å². The zero-order chi connectivity index (χ0) is 16.0. The Hall–Kier alpha value is -1.72. The smallest absolute Gasteiger partial charge is 0.267 e. The number of nitrogens with one attached hydrogen (secondary N) is 1. The number of thiophene rings is 1. The van der Waals surface area contributed by atoms with Crippen molar-refractivity contribution in [3.63, 3.8) is 0 Å². The number of fused-ring (bicyclic) bond motifs is 3. The Kier molecular flexibility index (Phi) is 3.70. The van der Waals surface area contributed by atoms with Gasteiger partial charge in [-0.05, 0) is 67.6 Å². The van der Waals surface area contributed by atoms with Crippen molar-refractivity contribution < 1.29 is 0 Å². The molecule has 1 aliphatic rings. The minimum absolute atomic E-state index is 0.0207. The van der Waals surface area contributed by atoms with Crippen molar-refractivity contribution in [2.45, 2.75) is 39.0 Å². The fraction of sp³-hybridized carbons (Fsp3) is 0.333. The van der Waals surface area contributed by atoms with Crippen LogP contribution in [0.5, 0.6) is 0 Å². The van der Waals surface area contributed by atoms with Gasteiger partial charge >= 0.3 is 0 Å². The number of aromatic nitrogens is 2. The highest BCUT2D eigenvalue weighted by Gasteiger charge is 2.20. The lowest BCUT2D eigenvalue weighted by Gasteiger charge is -2.11. The van der Waals surface area contributed by atoms with Crippen LogP contribution in [0.1, 0.15) is 35.8 Å². The molecular formula is C18H18N2OS2. The number of benzene rings is 1. The maximum Gasteiger partial charge on any atom is 0.267 e. The fourth-order valence-corrected chi connectivity index (χ4v) is 4.99. The molecule has 5 heteroatoms. The van der Waals surface area contributed by atoms with Gasteiger partial charge in [-0.15, -0.1) is 11.3 Å². The number of aryl methyl sites for hydroxylation is 3. The van der Waals surface area contributed by atoms with E-state index < -0.39 is 0 Å². The van der Waals surface area contributed by atoms with E-state index in [-0.39, 0.29) is 5.56 Å². The zero-order valence-electron chi connectivity index (χ0n) is 13.0. The molecule has 0 radical (unpaired) electrons. The summed E-state index contributed by atoms with van der Waals surface area (Å²) in [6, 6.07) is 8.08. The highest BCUT2D eigenvalue weighted by molar-refractivity contribution is 7.71. The van der Waals surface area contributed by atoms with Gasteiger partial charge in [0.05, 0.1) is 11.1 Å². The summed E-state index contributed by atoms with van der Waals surface area (Å²) in [6.45, 7) is 2.12. The van der Waals surface area contributed by atoms with Crippen LogP contribution in [0.4, 0.5) is 0 Å². The summed E-state index contributed by atoms with van der Waals surface area (Å²) in [6.07, 6.45) is 5.45. The molecule has 1 aliphatic carbocycles. The van der Waals surface area contributed by atoms with Gasteiger partial charge in [0.2, 0.25) is 0 Å². The van der Waals surface area contributed by atoms with Crippen molar-refractivity contribution in [1.82, 2.24) is 9.55 Å². The van der Waals surface area contributed by atoms with Crippen molar-refractivity contribution >= 4 is 33.8 Å². The van der Waals surface area contributed by atoms with E-state index in [1.165, 1.54) is 28.8 Å². The number of nitrogens with zero attached hydrogens (tertiary/aromatic N) is 1. The lowest BCUT2D eigenvalue weighted by molar-refractivity contribution is 0.699. The number of hydrogen-bond acceptors (Lipinski definition) is 3. The molecule has 0 unspecified atom stereocenters. The van der Waals surface area contributed by atoms with Crippen LogP contribution >= 0.6 is 23.6 Å². The number of aromatic amines is 1. The van der Waals surface area contributed by atoms with Gasteiger partial charge < -0.3 is 4.98 Å². The number of rotatable bonds is 2. The van der Waals surface area contributed by atoms with Crippen molar-refractivity contribution in [2.75, 3.05) is 0 Å². The van der Waals surface area contributed by atoms with Gasteiger partial charge in [0, 0.05) is 4.88 Å². The molecule has 0 bridgehead atoms. The molecule has 2 heterocycles. The van der Waals surface area contributed by atoms with Crippen LogP contribution in [-0.4, -0.2) is 9.55 Å². The molecule has 1 aromatic carbocycles. The number of hydrogen-bond donors (Lipinski definition) is 1. The van der Waals surface area contributed by atoms with E-state index in [9.17, 15) is 4.79 Å². The summed E-state index contributed by atoms with van der Waals surface area (Å²) in [5.41, 5.74) is 3.36. The SMILES string of the molecule is CCc1ccc(-n2c(=S)[nH]c3sc4c(c3c2=O)CCCC4)cc1. The molecule has 3 nitrogen and oxygen atoms in total. The van der Waals surface area contributed by atoms with Gasteiger partial charge in [0.1, 0.15) is 4.83 Å². The first-order valence-electron chi connectivity index (χ1n) is 8.08. The summed E-state index contributed by atoms with van der Waals surface area (Å²) in [7, 11) is 0. The molecule has 3 aromatic rings. The predicted molar refractivity (Wildman–Crippen MR) is 98.6 cm³/mol. The molecule has 0 atom stereocenters. The monoisotopic (exact) mass is 342 g/mol. The Morgan fingerprint density at radius 2 is 1.96 bits per heavy atom. The standard InChI is InChI=1S/C18H18N2OS2/c1-2-11-7-9-12(10-8-11)20-17(21)15-13-5-3-4-6-14(13)23-16(15)19-18(20)22/h7-10H,2-6H2,1H3,(H,19,22). The molecule has 0 saturated heterocycles. The van der Waals surface area contributed by atoms with Crippen LogP contribution < -0.4 is 5.56 Å². The van der Waals surface area contributed by atoms with Crippen molar-refractivity contribution in [1.29, 1.82) is 0 Å². The van der Waals surface area contributed by atoms with Gasteiger partial charge in [-0.25, -0.2) is 0 Å². The molecule has 0 spiro atoms. The Morgan fingerprint density at radius 3 is 2.70 bits per heavy atom. The van der Waals surface area contributed by atoms with Gasteiger partial charge in [-0.1, -0.05) is 19.1 Å². The average Bonchev–Trinajstić information content (AvgIpc) is 2.93. The van der Waals surface area contributed by atoms with E-state index in [1.54, 1.807) is 15.9 Å². The molecule has 118 valence electrons. The van der Waals surface area contributed by atoms with E-state index in [4.69, 9.17) is 12.2 Å². The van der Waals surface area contributed by atoms with Crippen LogP contribution in [0.15, 0.2) is 29.1 Å². The fourth-order valence-electron chi connectivity index (χ4n) is 3.35. The second-order valence-electron chi connectivity index (χ2n) is 6.01. The maximum absolute atomic E-state index is 13.1. The Morgan fingerprint density at radius 1 is 1.22 bits per heavy atom. The van der Waals surface area contributed by atoms with Crippen LogP contribution in [0.25, 0.3) is 15.9 Å². The minimum Gasteiger partial charge on any atom is -0.323 e. The normalized spacial score (nSPS) is 14.1. The lowest BCUT2D eigenvalue weighted by atomic mass is 9.97. The third kappa shape index (κ3) is 2.39. The molecule has 23 heavy (non-hydrogen) atoms. The number of H-pyrrole nitrogens is 1. The second-order valence-corrected chi connectivity index (χ2v) is 7.50. The Bertz CT molecular complexity index is 993. The minimum atomic E-state index is 0.0207. The maximum atomic E-state index is 13.1. The molecule has 2 aromatic heterocycles. The zero-order valence-corrected chi connectivity index (χ0v) is 14.6. The van der Waals surface area contributed by atoms with Crippen molar-refractivity contribution in [2.24, 2.45) is 0 Å². The Balaban J connectivity index is 1.99. The van der Waals surface area contributed by atoms with Crippen LogP contribution in [-0.2, 0) is 19.3 Å². The summed E-state index contributed by atoms with van der Waals surface area (Å²) in [5.74, 6) is 0. The van der Waals surface area contributed by atoms with Gasteiger partial charge in [-0.3, -0.25) is 9.36 Å². The van der Waals surface area contributed by atoms with Crippen LogP contribution in [0.3, 0.4) is 0 Å². The molecule has 0 aliphatic heterocycles. The summed E-state index contributed by atoms with van der Waals surface area (Å²) < 4.78 is 2.11. The first-order valence-corrected chi connectivity index (χ1v) is 9.30. The predicted octanol–water partition coefficient (Wildman–Crippen LogP) is 4.55. The first kappa shape index (κ1) is 14.8. The van der Waals surface area contributed by atoms with Gasteiger partial charge in [0.15, 0.2) is 4.77 Å².